The van der Waals surface area contributed by atoms with Crippen LogP contribution in [0.3, 0.4) is 0 Å². The second kappa shape index (κ2) is 5.29. The first-order chi connectivity index (χ1) is 7.15. The minimum Gasteiger partial charge on any atom is -0.476 e. The third-order valence-electron chi connectivity index (χ3n) is 2.19. The smallest absolute Gasteiger partial charge is 0.364 e. The van der Waals surface area contributed by atoms with Crippen LogP contribution in [0.1, 0.15) is 18.9 Å². The van der Waals surface area contributed by atoms with Crippen molar-refractivity contribution in [2.45, 2.75) is 19.8 Å². The molecule has 1 rings (SSSR count). The van der Waals surface area contributed by atoms with Gasteiger partial charge in [0.1, 0.15) is 0 Å². The van der Waals surface area contributed by atoms with E-state index in [0.29, 0.717) is 18.4 Å². The first kappa shape index (κ1) is 11.4. The van der Waals surface area contributed by atoms with Crippen LogP contribution in [-0.4, -0.2) is 11.1 Å². The van der Waals surface area contributed by atoms with Gasteiger partial charge in [0.25, 0.3) is 0 Å². The Balaban J connectivity index is 2.88. The average molecular weight is 208 g/mol. The van der Waals surface area contributed by atoms with Gasteiger partial charge in [-0.05, 0) is 24.0 Å². The molecule has 0 atom stereocenters. The molecule has 0 aliphatic heterocycles. The highest BCUT2D eigenvalue weighted by Gasteiger charge is 2.12. The maximum absolute atomic E-state index is 13.2. The molecule has 0 saturated heterocycles. The number of rotatable bonds is 4. The minimum absolute atomic E-state index is 0.328. The summed E-state index contributed by atoms with van der Waals surface area (Å²) in [5.41, 5.74) is 1.25. The summed E-state index contributed by atoms with van der Waals surface area (Å²) >= 11 is 0. The van der Waals surface area contributed by atoms with Gasteiger partial charge in [-0.1, -0.05) is 37.3 Å². The van der Waals surface area contributed by atoms with Gasteiger partial charge in [0.15, 0.2) is 0 Å². The molecule has 0 unspecified atom stereocenters. The lowest BCUT2D eigenvalue weighted by molar-refractivity contribution is -0.134. The summed E-state index contributed by atoms with van der Waals surface area (Å²) in [5.74, 6) is -2.51. The molecule has 0 fully saturated rings. The molecule has 80 valence electrons. The summed E-state index contributed by atoms with van der Waals surface area (Å²) in [5, 5.41) is 8.53. The van der Waals surface area contributed by atoms with Crippen molar-refractivity contribution >= 4 is 5.97 Å². The van der Waals surface area contributed by atoms with Crippen molar-refractivity contribution < 1.29 is 14.3 Å². The fourth-order valence-electron chi connectivity index (χ4n) is 1.35. The molecule has 15 heavy (non-hydrogen) atoms. The highest BCUT2D eigenvalue weighted by atomic mass is 19.1. The zero-order valence-electron chi connectivity index (χ0n) is 8.53. The predicted molar refractivity (Wildman–Crippen MR) is 56.2 cm³/mol. The van der Waals surface area contributed by atoms with E-state index < -0.39 is 11.8 Å². The molecule has 0 aromatic heterocycles. The first-order valence-electron chi connectivity index (χ1n) is 4.80. The molecular weight excluding hydrogens is 195 g/mol. The minimum atomic E-state index is -1.48. The normalized spacial score (nSPS) is 12.1. The lowest BCUT2D eigenvalue weighted by Crippen LogP contribution is -2.02. The Hall–Kier alpha value is -1.64. The van der Waals surface area contributed by atoms with Crippen molar-refractivity contribution in [2.75, 3.05) is 0 Å². The molecular formula is C12H13FO2. The Labute approximate surface area is 88.1 Å². The molecule has 0 spiro atoms. The second-order valence-electron chi connectivity index (χ2n) is 3.24. The van der Waals surface area contributed by atoms with E-state index in [4.69, 9.17) is 5.11 Å². The molecule has 1 N–H and O–H groups in total. The number of benzene rings is 1. The van der Waals surface area contributed by atoms with Crippen LogP contribution in [0.25, 0.3) is 0 Å². The number of carboxylic acid groups (broad SMARTS) is 1. The van der Waals surface area contributed by atoms with Crippen LogP contribution in [-0.2, 0) is 11.2 Å². The topological polar surface area (TPSA) is 37.3 Å². The molecule has 0 amide bonds. The van der Waals surface area contributed by atoms with Gasteiger partial charge >= 0.3 is 5.97 Å². The Morgan fingerprint density at radius 3 is 2.40 bits per heavy atom. The van der Waals surface area contributed by atoms with Crippen LogP contribution >= 0.6 is 0 Å². The molecule has 0 aliphatic carbocycles. The maximum Gasteiger partial charge on any atom is 0.364 e. The van der Waals surface area contributed by atoms with Crippen molar-refractivity contribution in [3.8, 4) is 0 Å². The summed E-state index contributed by atoms with van der Waals surface area (Å²) < 4.78 is 13.2. The lowest BCUT2D eigenvalue weighted by Gasteiger charge is -2.04. The van der Waals surface area contributed by atoms with Crippen LogP contribution in [0.15, 0.2) is 41.7 Å². The highest BCUT2D eigenvalue weighted by molar-refractivity contribution is 5.84. The fraction of sp³-hybridized carbons (Fsp3) is 0.250. The highest BCUT2D eigenvalue weighted by Crippen LogP contribution is 2.16. The monoisotopic (exact) mass is 208 g/mol. The van der Waals surface area contributed by atoms with E-state index >= 15 is 0 Å². The van der Waals surface area contributed by atoms with Gasteiger partial charge in [-0.25, -0.2) is 4.79 Å². The number of hydrogen-bond acceptors (Lipinski definition) is 1. The molecule has 1 aromatic rings. The largest absolute Gasteiger partial charge is 0.476 e. The number of carbonyl (C=O) groups is 1. The molecule has 0 aliphatic rings. The Bertz CT molecular complexity index is 368. The van der Waals surface area contributed by atoms with Gasteiger partial charge in [-0.3, -0.25) is 0 Å². The van der Waals surface area contributed by atoms with Gasteiger partial charge in [0, 0.05) is 0 Å². The molecule has 3 heteroatoms. The van der Waals surface area contributed by atoms with Crippen LogP contribution in [0.5, 0.6) is 0 Å². The first-order valence-corrected chi connectivity index (χ1v) is 4.80. The van der Waals surface area contributed by atoms with E-state index in [-0.39, 0.29) is 0 Å². The predicted octanol–water partition coefficient (Wildman–Crippen LogP) is 2.95. The fourth-order valence-corrected chi connectivity index (χ4v) is 1.35. The molecule has 0 saturated carbocycles. The van der Waals surface area contributed by atoms with Crippen molar-refractivity contribution in [3.05, 3.63) is 47.3 Å². The molecule has 0 radical (unpaired) electrons. The van der Waals surface area contributed by atoms with Crippen molar-refractivity contribution in [3.63, 3.8) is 0 Å². The Morgan fingerprint density at radius 1 is 1.33 bits per heavy atom. The third-order valence-corrected chi connectivity index (χ3v) is 2.19. The van der Waals surface area contributed by atoms with Crippen molar-refractivity contribution in [2.24, 2.45) is 0 Å². The maximum atomic E-state index is 13.2. The van der Waals surface area contributed by atoms with Crippen LogP contribution in [0, 0.1) is 0 Å². The molecule has 0 heterocycles. The summed E-state index contributed by atoms with van der Waals surface area (Å²) in [7, 11) is 0. The number of aliphatic carboxylic acids is 1. The van der Waals surface area contributed by atoms with Crippen molar-refractivity contribution in [1.29, 1.82) is 0 Å². The summed E-state index contributed by atoms with van der Waals surface area (Å²) in [6, 6.07) is 9.27. The van der Waals surface area contributed by atoms with E-state index in [1.165, 1.54) is 0 Å². The lowest BCUT2D eigenvalue weighted by atomic mass is 10.0. The zero-order chi connectivity index (χ0) is 11.3. The average Bonchev–Trinajstić information content (AvgIpc) is 2.26. The summed E-state index contributed by atoms with van der Waals surface area (Å²) in [6.07, 6.45) is 0.766. The van der Waals surface area contributed by atoms with Gasteiger partial charge in [0.2, 0.25) is 5.83 Å². The van der Waals surface area contributed by atoms with Crippen LogP contribution in [0.2, 0.25) is 0 Å². The molecule has 0 bridgehead atoms. The van der Waals surface area contributed by atoms with Gasteiger partial charge < -0.3 is 5.11 Å². The third kappa shape index (κ3) is 3.20. The summed E-state index contributed by atoms with van der Waals surface area (Å²) in [6.45, 7) is 1.75. The molecule has 1 aromatic carbocycles. The summed E-state index contributed by atoms with van der Waals surface area (Å²) in [4.78, 5) is 10.5. The van der Waals surface area contributed by atoms with Gasteiger partial charge in [0.05, 0.1) is 0 Å². The van der Waals surface area contributed by atoms with Gasteiger partial charge in [-0.2, -0.15) is 4.39 Å². The second-order valence-corrected chi connectivity index (χ2v) is 3.24. The number of carboxylic acids is 1. The van der Waals surface area contributed by atoms with Crippen LogP contribution in [0.4, 0.5) is 4.39 Å². The van der Waals surface area contributed by atoms with E-state index in [1.54, 1.807) is 6.92 Å². The number of halogens is 1. The van der Waals surface area contributed by atoms with E-state index in [2.05, 4.69) is 0 Å². The van der Waals surface area contributed by atoms with Crippen LogP contribution < -0.4 is 0 Å². The number of hydrogen-bond donors (Lipinski definition) is 1. The molecule has 2 nitrogen and oxygen atoms in total. The van der Waals surface area contributed by atoms with E-state index in [1.807, 2.05) is 30.3 Å². The number of allylic oxidation sites excluding steroid dienone is 1. The standard InChI is InChI=1S/C12H13FO2/c1-2-10(11(13)12(14)15)8-9-6-4-3-5-7-9/h3-7H,2,8H2,1H3,(H,14,15). The Morgan fingerprint density at radius 2 is 1.93 bits per heavy atom. The van der Waals surface area contributed by atoms with Gasteiger partial charge in [-0.15, -0.1) is 0 Å². The Kier molecular flexibility index (Phi) is 4.03. The van der Waals surface area contributed by atoms with E-state index in [9.17, 15) is 9.18 Å². The SMILES string of the molecule is CCC(Cc1ccccc1)=C(F)C(=O)O. The quantitative estimate of drug-likeness (QED) is 0.772. The van der Waals surface area contributed by atoms with Crippen molar-refractivity contribution in [1.82, 2.24) is 0 Å². The zero-order valence-corrected chi connectivity index (χ0v) is 8.53. The van der Waals surface area contributed by atoms with E-state index in [0.717, 1.165) is 5.56 Å².